The fourth-order valence-corrected chi connectivity index (χ4v) is 4.51. The molecule has 2 fully saturated rings. The average Bonchev–Trinajstić information content (AvgIpc) is 2.79. The molecule has 32 heavy (non-hydrogen) atoms. The number of hydrogen-bond acceptors (Lipinski definition) is 5. The number of piperidine rings is 1. The van der Waals surface area contributed by atoms with Gasteiger partial charge in [-0.1, -0.05) is 6.92 Å². The minimum Gasteiger partial charge on any atom is -0.357 e. The molecule has 7 heteroatoms. The van der Waals surface area contributed by atoms with E-state index in [1.54, 1.807) is 0 Å². The highest BCUT2D eigenvalue weighted by atomic mass is 16.2. The molecule has 2 saturated heterocycles. The van der Waals surface area contributed by atoms with Crippen LogP contribution in [0, 0.1) is 12.8 Å². The zero-order valence-electron chi connectivity index (χ0n) is 19.6. The van der Waals surface area contributed by atoms with E-state index < -0.39 is 0 Å². The van der Waals surface area contributed by atoms with Gasteiger partial charge in [0.25, 0.3) is 0 Å². The Bertz CT molecular complexity index is 976. The lowest BCUT2D eigenvalue weighted by atomic mass is 9.99. The summed E-state index contributed by atoms with van der Waals surface area (Å²) in [5.74, 6) is 1.76. The largest absolute Gasteiger partial charge is 0.357 e. The maximum absolute atomic E-state index is 12.4. The summed E-state index contributed by atoms with van der Waals surface area (Å²) in [4.78, 5) is 36.2. The molecular formula is C25H35N5O2. The van der Waals surface area contributed by atoms with Gasteiger partial charge in [-0.3, -0.25) is 9.59 Å². The molecule has 0 unspecified atom stereocenters. The number of aryl methyl sites for hydroxylation is 1. The molecule has 2 aliphatic heterocycles. The summed E-state index contributed by atoms with van der Waals surface area (Å²) in [6, 6.07) is 8.01. The fraction of sp³-hybridized carbons (Fsp3) is 0.560. The van der Waals surface area contributed by atoms with E-state index in [9.17, 15) is 9.59 Å². The van der Waals surface area contributed by atoms with Gasteiger partial charge in [-0.15, -0.1) is 0 Å². The Hall–Kier alpha value is -2.67. The van der Waals surface area contributed by atoms with E-state index in [4.69, 9.17) is 4.98 Å². The lowest BCUT2D eigenvalue weighted by Gasteiger charge is -2.32. The first kappa shape index (κ1) is 22.5. The third-order valence-corrected chi connectivity index (χ3v) is 6.82. The number of rotatable bonds is 5. The molecule has 0 radical (unpaired) electrons. The normalized spacial score (nSPS) is 18.2. The van der Waals surface area contributed by atoms with Crippen molar-refractivity contribution in [3.8, 4) is 0 Å². The highest BCUT2D eigenvalue weighted by Gasteiger charge is 2.20. The van der Waals surface area contributed by atoms with Gasteiger partial charge in [-0.25, -0.2) is 4.98 Å². The fourth-order valence-electron chi connectivity index (χ4n) is 4.51. The topological polar surface area (TPSA) is 68.8 Å². The van der Waals surface area contributed by atoms with Crippen LogP contribution in [0.2, 0.25) is 0 Å². The van der Waals surface area contributed by atoms with Gasteiger partial charge in [0, 0.05) is 63.2 Å². The Balaban J connectivity index is 1.36. The van der Waals surface area contributed by atoms with E-state index in [0.29, 0.717) is 0 Å². The van der Waals surface area contributed by atoms with Crippen molar-refractivity contribution >= 4 is 34.2 Å². The summed E-state index contributed by atoms with van der Waals surface area (Å²) in [7, 11) is 2.06. The number of benzene rings is 1. The second-order valence-electron chi connectivity index (χ2n) is 9.43. The first-order valence-electron chi connectivity index (χ1n) is 11.8. The summed E-state index contributed by atoms with van der Waals surface area (Å²) in [6.45, 7) is 9.79. The van der Waals surface area contributed by atoms with Crippen molar-refractivity contribution in [2.24, 2.45) is 5.92 Å². The van der Waals surface area contributed by atoms with Crippen LogP contribution in [0.4, 0.5) is 11.5 Å². The lowest BCUT2D eigenvalue weighted by molar-refractivity contribution is -0.134. The van der Waals surface area contributed by atoms with Crippen LogP contribution in [0.25, 0.3) is 10.9 Å². The van der Waals surface area contributed by atoms with Gasteiger partial charge in [0.15, 0.2) is 0 Å². The second-order valence-corrected chi connectivity index (χ2v) is 9.43. The van der Waals surface area contributed by atoms with Gasteiger partial charge in [0.05, 0.1) is 5.52 Å². The third kappa shape index (κ3) is 5.38. The van der Waals surface area contributed by atoms with E-state index in [1.807, 2.05) is 23.1 Å². The van der Waals surface area contributed by atoms with E-state index in [2.05, 4.69) is 42.1 Å². The maximum atomic E-state index is 12.4. The molecule has 7 nitrogen and oxygen atoms in total. The Morgan fingerprint density at radius 3 is 2.47 bits per heavy atom. The molecule has 2 aromatic rings. The number of likely N-dealkylation sites (N-methyl/N-ethyl adjacent to an activating group) is 1. The van der Waals surface area contributed by atoms with Crippen molar-refractivity contribution in [3.63, 3.8) is 0 Å². The summed E-state index contributed by atoms with van der Waals surface area (Å²) in [5, 5.41) is 4.00. The van der Waals surface area contributed by atoms with Gasteiger partial charge in [0.1, 0.15) is 5.82 Å². The molecule has 2 amide bonds. The number of aromatic nitrogens is 1. The van der Waals surface area contributed by atoms with Gasteiger partial charge < -0.3 is 20.0 Å². The monoisotopic (exact) mass is 437 g/mol. The summed E-state index contributed by atoms with van der Waals surface area (Å²) >= 11 is 0. The van der Waals surface area contributed by atoms with Crippen LogP contribution in [-0.4, -0.2) is 72.9 Å². The molecule has 0 saturated carbocycles. The van der Waals surface area contributed by atoms with Gasteiger partial charge in [-0.05, 0) is 62.6 Å². The highest BCUT2D eigenvalue weighted by molar-refractivity contribution is 5.96. The SMILES string of the molecule is Cc1cc(N2CCC(C)CC2)nc2ccc(NC(=O)CCC(=O)N3CCN(C)CC3)cc12. The number of amides is 2. The highest BCUT2D eigenvalue weighted by Crippen LogP contribution is 2.28. The molecule has 0 bridgehead atoms. The predicted octanol–water partition coefficient (Wildman–Crippen LogP) is 3.27. The molecule has 1 aromatic heterocycles. The van der Waals surface area contributed by atoms with Crippen molar-refractivity contribution in [1.29, 1.82) is 0 Å². The lowest BCUT2D eigenvalue weighted by Crippen LogP contribution is -2.47. The molecule has 0 atom stereocenters. The predicted molar refractivity (Wildman–Crippen MR) is 129 cm³/mol. The van der Waals surface area contributed by atoms with Gasteiger partial charge >= 0.3 is 0 Å². The summed E-state index contributed by atoms with van der Waals surface area (Å²) in [6.07, 6.45) is 2.87. The summed E-state index contributed by atoms with van der Waals surface area (Å²) < 4.78 is 0. The van der Waals surface area contributed by atoms with Gasteiger partial charge in [0.2, 0.25) is 11.8 Å². The zero-order valence-corrected chi connectivity index (χ0v) is 19.6. The van der Waals surface area contributed by atoms with Crippen molar-refractivity contribution in [3.05, 3.63) is 29.8 Å². The van der Waals surface area contributed by atoms with Gasteiger partial charge in [-0.2, -0.15) is 0 Å². The van der Waals surface area contributed by atoms with Crippen LogP contribution in [-0.2, 0) is 9.59 Å². The molecule has 3 heterocycles. The maximum Gasteiger partial charge on any atom is 0.224 e. The van der Waals surface area contributed by atoms with Crippen LogP contribution in [0.15, 0.2) is 24.3 Å². The smallest absolute Gasteiger partial charge is 0.224 e. The summed E-state index contributed by atoms with van der Waals surface area (Å²) in [5.41, 5.74) is 2.85. The Labute approximate surface area is 190 Å². The van der Waals surface area contributed by atoms with E-state index in [0.717, 1.165) is 73.2 Å². The van der Waals surface area contributed by atoms with Crippen molar-refractivity contribution in [2.45, 2.75) is 39.5 Å². The third-order valence-electron chi connectivity index (χ3n) is 6.82. The van der Waals surface area contributed by atoms with Crippen molar-refractivity contribution in [2.75, 3.05) is 56.5 Å². The van der Waals surface area contributed by atoms with Crippen molar-refractivity contribution < 1.29 is 9.59 Å². The number of carbonyl (C=O) groups is 2. The average molecular weight is 438 g/mol. The number of piperazine rings is 1. The van der Waals surface area contributed by atoms with Crippen molar-refractivity contribution in [1.82, 2.24) is 14.8 Å². The molecular weight excluding hydrogens is 402 g/mol. The Morgan fingerprint density at radius 1 is 1.03 bits per heavy atom. The molecule has 0 aliphatic carbocycles. The Morgan fingerprint density at radius 2 is 1.75 bits per heavy atom. The number of fused-ring (bicyclic) bond motifs is 1. The first-order chi connectivity index (χ1) is 15.4. The molecule has 0 spiro atoms. The number of hydrogen-bond donors (Lipinski definition) is 1. The minimum absolute atomic E-state index is 0.0615. The standard InChI is InChI=1S/C25H35N5O2/c1-18-8-10-29(11-9-18)23-16-19(2)21-17-20(4-5-22(21)27-23)26-24(31)6-7-25(32)30-14-12-28(3)13-15-30/h4-5,16-18H,6-15H2,1-3H3,(H,26,31). The van der Waals surface area contributed by atoms with Crippen LogP contribution < -0.4 is 10.2 Å². The zero-order chi connectivity index (χ0) is 22.7. The molecule has 172 valence electrons. The number of nitrogens with zero attached hydrogens (tertiary/aromatic N) is 4. The quantitative estimate of drug-likeness (QED) is 0.778. The van der Waals surface area contributed by atoms with Crippen LogP contribution in [0.5, 0.6) is 0 Å². The molecule has 1 aromatic carbocycles. The second kappa shape index (κ2) is 9.86. The van der Waals surface area contributed by atoms with E-state index in [1.165, 1.54) is 12.8 Å². The Kier molecular flexibility index (Phi) is 6.94. The molecule has 4 rings (SSSR count). The molecule has 2 aliphatic rings. The van der Waals surface area contributed by atoms with Crippen LogP contribution in [0.1, 0.15) is 38.2 Å². The minimum atomic E-state index is -0.128. The van der Waals surface area contributed by atoms with E-state index in [-0.39, 0.29) is 24.7 Å². The number of carbonyl (C=O) groups excluding carboxylic acids is 2. The molecule has 1 N–H and O–H groups in total. The van der Waals surface area contributed by atoms with Crippen LogP contribution in [0.3, 0.4) is 0 Å². The van der Waals surface area contributed by atoms with Crippen LogP contribution >= 0.6 is 0 Å². The number of pyridine rings is 1. The number of anilines is 2. The number of nitrogens with one attached hydrogen (secondary N) is 1. The van der Waals surface area contributed by atoms with E-state index >= 15 is 0 Å². The first-order valence-corrected chi connectivity index (χ1v) is 11.8.